The summed E-state index contributed by atoms with van der Waals surface area (Å²) in [6.07, 6.45) is 9.12. The van der Waals surface area contributed by atoms with E-state index in [1.165, 1.54) is 43.4 Å². The third-order valence-corrected chi connectivity index (χ3v) is 3.51. The van der Waals surface area contributed by atoms with E-state index in [2.05, 4.69) is 39.7 Å². The predicted molar refractivity (Wildman–Crippen MR) is 95.4 cm³/mol. The number of hydrogen-bond acceptors (Lipinski definition) is 4. The summed E-state index contributed by atoms with van der Waals surface area (Å²) in [5.74, 6) is -0.383. The van der Waals surface area contributed by atoms with Crippen LogP contribution < -0.4 is 10.6 Å². The number of thiocarbonyl (C=S) groups is 1. The number of rotatable bonds is 6. The summed E-state index contributed by atoms with van der Waals surface area (Å²) in [5.41, 5.74) is 2.37. The van der Waals surface area contributed by atoms with Crippen LogP contribution in [0.2, 0.25) is 0 Å². The lowest BCUT2D eigenvalue weighted by atomic mass is 10.1. The molecule has 1 amide bonds. The molecule has 0 unspecified atom stereocenters. The van der Waals surface area contributed by atoms with Crippen molar-refractivity contribution in [3.05, 3.63) is 54.1 Å². The van der Waals surface area contributed by atoms with Gasteiger partial charge in [0.1, 0.15) is 5.69 Å². The van der Waals surface area contributed by atoms with Gasteiger partial charge >= 0.3 is 0 Å². The lowest BCUT2D eigenvalue weighted by molar-refractivity contribution is 0.0972. The summed E-state index contributed by atoms with van der Waals surface area (Å²) < 4.78 is 0. The Kier molecular flexibility index (Phi) is 6.62. The van der Waals surface area contributed by atoms with Crippen molar-refractivity contribution in [2.24, 2.45) is 0 Å². The molecule has 1 aromatic heterocycles. The number of carbonyl (C=O) groups is 1. The lowest BCUT2D eigenvalue weighted by Crippen LogP contribution is -2.34. The minimum atomic E-state index is -0.383. The van der Waals surface area contributed by atoms with Gasteiger partial charge in [0.25, 0.3) is 5.91 Å². The van der Waals surface area contributed by atoms with Crippen molar-refractivity contribution in [2.75, 3.05) is 5.32 Å². The van der Waals surface area contributed by atoms with Crippen molar-refractivity contribution in [3.8, 4) is 0 Å². The number of carbonyl (C=O) groups excluding carboxylic acids is 1. The van der Waals surface area contributed by atoms with E-state index in [9.17, 15) is 4.79 Å². The topological polar surface area (TPSA) is 66.9 Å². The van der Waals surface area contributed by atoms with Crippen LogP contribution in [0, 0.1) is 0 Å². The smallest absolute Gasteiger partial charge is 0.277 e. The molecule has 6 heteroatoms. The fourth-order valence-electron chi connectivity index (χ4n) is 2.08. The highest BCUT2D eigenvalue weighted by Crippen LogP contribution is 2.12. The Labute approximate surface area is 141 Å². The molecule has 120 valence electrons. The molecular formula is C17H20N4OS. The highest BCUT2D eigenvalue weighted by molar-refractivity contribution is 7.80. The van der Waals surface area contributed by atoms with Gasteiger partial charge in [-0.25, -0.2) is 4.98 Å². The first-order valence-corrected chi connectivity index (χ1v) is 8.07. The molecule has 0 aliphatic carbocycles. The first kappa shape index (κ1) is 17.0. The van der Waals surface area contributed by atoms with E-state index in [-0.39, 0.29) is 16.7 Å². The summed E-state index contributed by atoms with van der Waals surface area (Å²) in [4.78, 5) is 19.7. The van der Waals surface area contributed by atoms with Crippen LogP contribution in [0.4, 0.5) is 5.69 Å². The van der Waals surface area contributed by atoms with Crippen LogP contribution >= 0.6 is 12.2 Å². The third kappa shape index (κ3) is 5.75. The number of benzene rings is 1. The highest BCUT2D eigenvalue weighted by atomic mass is 32.1. The number of aryl methyl sites for hydroxylation is 1. The van der Waals surface area contributed by atoms with E-state index < -0.39 is 0 Å². The molecule has 0 fully saturated rings. The first-order chi connectivity index (χ1) is 11.2. The van der Waals surface area contributed by atoms with Crippen molar-refractivity contribution in [3.63, 3.8) is 0 Å². The van der Waals surface area contributed by atoms with E-state index in [1.807, 2.05) is 12.1 Å². The van der Waals surface area contributed by atoms with Gasteiger partial charge in [-0.3, -0.25) is 15.1 Å². The summed E-state index contributed by atoms with van der Waals surface area (Å²) in [5, 5.41) is 5.80. The molecule has 1 heterocycles. The van der Waals surface area contributed by atoms with Crippen LogP contribution in [-0.2, 0) is 6.42 Å². The first-order valence-electron chi connectivity index (χ1n) is 7.66. The number of nitrogens with zero attached hydrogens (tertiary/aromatic N) is 2. The molecule has 0 saturated heterocycles. The molecule has 0 spiro atoms. The molecule has 0 atom stereocenters. The maximum absolute atomic E-state index is 11.9. The summed E-state index contributed by atoms with van der Waals surface area (Å²) in [7, 11) is 0. The molecule has 2 aromatic rings. The molecule has 0 saturated carbocycles. The Morgan fingerprint density at radius 1 is 1.17 bits per heavy atom. The SMILES string of the molecule is CCCCCc1ccc(NC(=S)NC(=O)c2cnccn2)cc1. The van der Waals surface area contributed by atoms with E-state index in [0.29, 0.717) is 0 Å². The van der Waals surface area contributed by atoms with Crippen LogP contribution in [0.25, 0.3) is 0 Å². The normalized spacial score (nSPS) is 10.1. The monoisotopic (exact) mass is 328 g/mol. The molecule has 5 nitrogen and oxygen atoms in total. The van der Waals surface area contributed by atoms with Gasteiger partial charge < -0.3 is 5.32 Å². The number of unbranched alkanes of at least 4 members (excludes halogenated alkanes) is 2. The Morgan fingerprint density at radius 2 is 1.96 bits per heavy atom. The minimum absolute atomic E-state index is 0.225. The van der Waals surface area contributed by atoms with Crippen molar-refractivity contribution in [2.45, 2.75) is 32.6 Å². The molecule has 0 aliphatic rings. The molecule has 23 heavy (non-hydrogen) atoms. The number of hydrogen-bond donors (Lipinski definition) is 2. The van der Waals surface area contributed by atoms with Crippen LogP contribution in [0.3, 0.4) is 0 Å². The zero-order valence-electron chi connectivity index (χ0n) is 13.1. The van der Waals surface area contributed by atoms with E-state index in [1.54, 1.807) is 0 Å². The van der Waals surface area contributed by atoms with Crippen molar-refractivity contribution >= 4 is 28.9 Å². The van der Waals surface area contributed by atoms with Gasteiger partial charge in [0, 0.05) is 18.1 Å². The third-order valence-electron chi connectivity index (χ3n) is 3.30. The van der Waals surface area contributed by atoms with Crippen LogP contribution in [-0.4, -0.2) is 21.0 Å². The second-order valence-electron chi connectivity index (χ2n) is 5.15. The van der Waals surface area contributed by atoms with Crippen molar-refractivity contribution < 1.29 is 4.79 Å². The molecule has 2 rings (SSSR count). The van der Waals surface area contributed by atoms with E-state index in [0.717, 1.165) is 12.1 Å². The summed E-state index contributed by atoms with van der Waals surface area (Å²) in [6.45, 7) is 2.20. The zero-order chi connectivity index (χ0) is 16.5. The lowest BCUT2D eigenvalue weighted by Gasteiger charge is -2.09. The maximum Gasteiger partial charge on any atom is 0.277 e. The van der Waals surface area contributed by atoms with Crippen LogP contribution in [0.15, 0.2) is 42.9 Å². The second kappa shape index (κ2) is 8.95. The largest absolute Gasteiger partial charge is 0.332 e. The number of aromatic nitrogens is 2. The fraction of sp³-hybridized carbons (Fsp3) is 0.294. The van der Waals surface area contributed by atoms with Gasteiger partial charge in [-0.05, 0) is 42.8 Å². The predicted octanol–water partition coefficient (Wildman–Crippen LogP) is 3.34. The van der Waals surface area contributed by atoms with Gasteiger partial charge in [-0.2, -0.15) is 0 Å². The van der Waals surface area contributed by atoms with Crippen LogP contribution in [0.1, 0.15) is 42.2 Å². The molecule has 0 radical (unpaired) electrons. The van der Waals surface area contributed by atoms with E-state index in [4.69, 9.17) is 12.2 Å². The maximum atomic E-state index is 11.9. The molecule has 0 aliphatic heterocycles. The Bertz CT molecular complexity index is 643. The van der Waals surface area contributed by atoms with Gasteiger partial charge in [-0.15, -0.1) is 0 Å². The van der Waals surface area contributed by atoms with Crippen molar-refractivity contribution in [1.82, 2.24) is 15.3 Å². The van der Waals surface area contributed by atoms with Gasteiger partial charge in [0.05, 0.1) is 6.20 Å². The van der Waals surface area contributed by atoms with Crippen molar-refractivity contribution in [1.29, 1.82) is 0 Å². The Balaban J connectivity index is 1.84. The summed E-state index contributed by atoms with van der Waals surface area (Å²) in [6, 6.07) is 8.07. The van der Waals surface area contributed by atoms with Gasteiger partial charge in [-0.1, -0.05) is 31.9 Å². The molecular weight excluding hydrogens is 308 g/mol. The second-order valence-corrected chi connectivity index (χ2v) is 5.56. The number of anilines is 1. The zero-order valence-corrected chi connectivity index (χ0v) is 13.9. The molecule has 0 bridgehead atoms. The number of amides is 1. The van der Waals surface area contributed by atoms with E-state index >= 15 is 0 Å². The summed E-state index contributed by atoms with van der Waals surface area (Å²) >= 11 is 5.14. The molecule has 1 aromatic carbocycles. The molecule has 2 N–H and O–H groups in total. The number of nitrogens with one attached hydrogen (secondary N) is 2. The van der Waals surface area contributed by atoms with Gasteiger partial charge in [0.15, 0.2) is 5.11 Å². The minimum Gasteiger partial charge on any atom is -0.332 e. The standard InChI is InChI=1S/C17H20N4OS/c1-2-3-4-5-13-6-8-14(9-7-13)20-17(23)21-16(22)15-12-18-10-11-19-15/h6-12H,2-5H2,1H3,(H2,20,21,22,23). The Hall–Kier alpha value is -2.34. The quantitative estimate of drug-likeness (QED) is 0.629. The fourth-order valence-corrected chi connectivity index (χ4v) is 2.29. The van der Waals surface area contributed by atoms with Gasteiger partial charge in [0.2, 0.25) is 0 Å². The highest BCUT2D eigenvalue weighted by Gasteiger charge is 2.09. The Morgan fingerprint density at radius 3 is 2.61 bits per heavy atom. The average molecular weight is 328 g/mol. The average Bonchev–Trinajstić information content (AvgIpc) is 2.57. The van der Waals surface area contributed by atoms with Crippen LogP contribution in [0.5, 0.6) is 0 Å².